The Morgan fingerprint density at radius 1 is 1.50 bits per heavy atom. The fourth-order valence-electron chi connectivity index (χ4n) is 2.07. The van der Waals surface area contributed by atoms with Gasteiger partial charge in [0.25, 0.3) is 0 Å². The molecule has 0 spiro atoms. The SMILES string of the molecule is CCOC(=O)C(F)(F)c1ccc(N2CCOC2=O)cc1SC. The zero-order chi connectivity index (χ0) is 16.3. The molecule has 0 bridgehead atoms. The number of cyclic esters (lactones) is 1. The number of ether oxygens (including phenoxy) is 2. The number of nitrogens with zero attached hydrogens (tertiary/aromatic N) is 1. The van der Waals surface area contributed by atoms with Gasteiger partial charge in [-0.15, -0.1) is 11.8 Å². The van der Waals surface area contributed by atoms with Gasteiger partial charge < -0.3 is 9.47 Å². The maximum Gasteiger partial charge on any atom is 0.414 e. The summed E-state index contributed by atoms with van der Waals surface area (Å²) in [6.45, 7) is 1.96. The molecule has 0 saturated carbocycles. The van der Waals surface area contributed by atoms with Gasteiger partial charge in [-0.05, 0) is 31.4 Å². The van der Waals surface area contributed by atoms with Crippen LogP contribution >= 0.6 is 11.8 Å². The second-order valence-corrected chi connectivity index (χ2v) is 5.29. The Kier molecular flexibility index (Phi) is 4.90. The van der Waals surface area contributed by atoms with E-state index in [0.717, 1.165) is 17.8 Å². The second kappa shape index (κ2) is 6.51. The predicted octanol–water partition coefficient (Wildman–Crippen LogP) is 3.02. The summed E-state index contributed by atoms with van der Waals surface area (Å²) in [5.74, 6) is -5.32. The standard InChI is InChI=1S/C14H15F2NO4S/c1-3-20-12(18)14(15,16)10-5-4-9(8-11(10)22-2)17-6-7-21-13(17)19/h4-5,8H,3,6-7H2,1-2H3. The molecule has 0 aromatic heterocycles. The molecule has 0 atom stereocenters. The van der Waals surface area contributed by atoms with Crippen LogP contribution in [0.25, 0.3) is 0 Å². The lowest BCUT2D eigenvalue weighted by atomic mass is 10.1. The van der Waals surface area contributed by atoms with Gasteiger partial charge in [0, 0.05) is 16.1 Å². The molecule has 1 aliphatic heterocycles. The van der Waals surface area contributed by atoms with Gasteiger partial charge in [0.1, 0.15) is 6.61 Å². The molecule has 1 aromatic rings. The number of esters is 1. The first kappa shape index (κ1) is 16.5. The summed E-state index contributed by atoms with van der Waals surface area (Å²) in [5.41, 5.74) is 0.0185. The van der Waals surface area contributed by atoms with Crippen molar-refractivity contribution in [2.45, 2.75) is 17.7 Å². The number of hydrogen-bond donors (Lipinski definition) is 0. The van der Waals surface area contributed by atoms with Crippen LogP contribution in [0, 0.1) is 0 Å². The van der Waals surface area contributed by atoms with Gasteiger partial charge in [0.15, 0.2) is 0 Å². The number of carbonyl (C=O) groups is 2. The van der Waals surface area contributed by atoms with Crippen molar-refractivity contribution in [1.82, 2.24) is 0 Å². The maximum absolute atomic E-state index is 14.2. The molecule has 1 amide bonds. The Bertz CT molecular complexity index is 594. The van der Waals surface area contributed by atoms with E-state index < -0.39 is 23.5 Å². The van der Waals surface area contributed by atoms with E-state index in [-0.39, 0.29) is 18.1 Å². The third-order valence-corrected chi connectivity index (χ3v) is 3.91. The molecule has 1 saturated heterocycles. The molecule has 22 heavy (non-hydrogen) atoms. The Labute approximate surface area is 130 Å². The van der Waals surface area contributed by atoms with E-state index in [1.807, 2.05) is 0 Å². The first-order valence-electron chi connectivity index (χ1n) is 6.59. The van der Waals surface area contributed by atoms with Crippen molar-refractivity contribution < 1.29 is 27.8 Å². The van der Waals surface area contributed by atoms with Crippen LogP contribution in [0.2, 0.25) is 0 Å². The highest BCUT2D eigenvalue weighted by atomic mass is 32.2. The van der Waals surface area contributed by atoms with Gasteiger partial charge >= 0.3 is 18.0 Å². The van der Waals surface area contributed by atoms with E-state index in [4.69, 9.17) is 4.74 Å². The smallest absolute Gasteiger partial charge is 0.414 e. The van der Waals surface area contributed by atoms with E-state index in [9.17, 15) is 18.4 Å². The summed E-state index contributed by atoms with van der Waals surface area (Å²) in [6.07, 6.45) is 1.10. The van der Waals surface area contributed by atoms with E-state index in [0.29, 0.717) is 12.2 Å². The van der Waals surface area contributed by atoms with Crippen LogP contribution < -0.4 is 4.90 Å². The first-order chi connectivity index (χ1) is 10.4. The molecule has 1 fully saturated rings. The normalized spacial score (nSPS) is 14.9. The summed E-state index contributed by atoms with van der Waals surface area (Å²) in [7, 11) is 0. The largest absolute Gasteiger partial charge is 0.461 e. The minimum atomic E-state index is -3.74. The quantitative estimate of drug-likeness (QED) is 0.613. The van der Waals surface area contributed by atoms with Crippen LogP contribution in [-0.4, -0.2) is 38.1 Å². The number of rotatable bonds is 5. The minimum absolute atomic E-state index is 0.124. The number of alkyl halides is 2. The van der Waals surface area contributed by atoms with Crippen molar-refractivity contribution in [3.8, 4) is 0 Å². The average Bonchev–Trinajstić information content (AvgIpc) is 2.92. The summed E-state index contributed by atoms with van der Waals surface area (Å²) in [5, 5.41) is 0. The summed E-state index contributed by atoms with van der Waals surface area (Å²) in [4.78, 5) is 24.5. The lowest BCUT2D eigenvalue weighted by molar-refractivity contribution is -0.173. The topological polar surface area (TPSA) is 55.8 Å². The average molecular weight is 331 g/mol. The minimum Gasteiger partial charge on any atom is -0.461 e. The Morgan fingerprint density at radius 2 is 2.23 bits per heavy atom. The zero-order valence-corrected chi connectivity index (χ0v) is 12.9. The van der Waals surface area contributed by atoms with E-state index >= 15 is 0 Å². The van der Waals surface area contributed by atoms with Crippen molar-refractivity contribution >= 4 is 29.5 Å². The van der Waals surface area contributed by atoms with Gasteiger partial charge in [0.05, 0.1) is 13.2 Å². The summed E-state index contributed by atoms with van der Waals surface area (Å²) in [6, 6.07) is 3.96. The molecule has 2 rings (SSSR count). The Hall–Kier alpha value is -1.83. The third-order valence-electron chi connectivity index (χ3n) is 3.13. The molecule has 8 heteroatoms. The molecule has 1 aromatic carbocycles. The number of benzene rings is 1. The lowest BCUT2D eigenvalue weighted by Gasteiger charge is -2.20. The highest BCUT2D eigenvalue weighted by molar-refractivity contribution is 7.98. The van der Waals surface area contributed by atoms with Crippen LogP contribution in [0.5, 0.6) is 0 Å². The molecule has 1 heterocycles. The van der Waals surface area contributed by atoms with Crippen molar-refractivity contribution in [3.63, 3.8) is 0 Å². The van der Waals surface area contributed by atoms with Crippen molar-refractivity contribution in [3.05, 3.63) is 23.8 Å². The highest BCUT2D eigenvalue weighted by Gasteiger charge is 2.44. The molecule has 120 valence electrons. The monoisotopic (exact) mass is 331 g/mol. The van der Waals surface area contributed by atoms with Crippen LogP contribution in [0.15, 0.2) is 23.1 Å². The van der Waals surface area contributed by atoms with Crippen LogP contribution in [0.1, 0.15) is 12.5 Å². The molecule has 0 aliphatic carbocycles. The first-order valence-corrected chi connectivity index (χ1v) is 7.82. The molecule has 0 N–H and O–H groups in total. The molecular weight excluding hydrogens is 316 g/mol. The van der Waals surface area contributed by atoms with Gasteiger partial charge in [0.2, 0.25) is 0 Å². The second-order valence-electron chi connectivity index (χ2n) is 4.45. The number of halogens is 2. The summed E-state index contributed by atoms with van der Waals surface area (Å²) < 4.78 is 37.6. The van der Waals surface area contributed by atoms with Gasteiger partial charge in [-0.1, -0.05) is 0 Å². The molecular formula is C14H15F2NO4S. The van der Waals surface area contributed by atoms with Crippen molar-refractivity contribution in [2.24, 2.45) is 0 Å². The van der Waals surface area contributed by atoms with E-state index in [2.05, 4.69) is 4.74 Å². The fraction of sp³-hybridized carbons (Fsp3) is 0.429. The van der Waals surface area contributed by atoms with Crippen LogP contribution in [0.3, 0.4) is 0 Å². The van der Waals surface area contributed by atoms with Crippen LogP contribution in [-0.2, 0) is 20.2 Å². The molecule has 5 nitrogen and oxygen atoms in total. The lowest BCUT2D eigenvalue weighted by Crippen LogP contribution is -2.29. The predicted molar refractivity (Wildman–Crippen MR) is 77.4 cm³/mol. The highest BCUT2D eigenvalue weighted by Crippen LogP contribution is 2.38. The number of hydrogen-bond acceptors (Lipinski definition) is 5. The molecule has 0 unspecified atom stereocenters. The van der Waals surface area contributed by atoms with Crippen molar-refractivity contribution in [1.29, 1.82) is 0 Å². The Balaban J connectivity index is 2.37. The summed E-state index contributed by atoms with van der Waals surface area (Å²) >= 11 is 1.07. The number of amides is 1. The molecule has 1 aliphatic rings. The van der Waals surface area contributed by atoms with E-state index in [1.54, 1.807) is 6.26 Å². The third kappa shape index (κ3) is 3.01. The number of carbonyl (C=O) groups excluding carboxylic acids is 2. The number of thioether (sulfide) groups is 1. The molecule has 0 radical (unpaired) electrons. The zero-order valence-electron chi connectivity index (χ0n) is 12.1. The van der Waals surface area contributed by atoms with Crippen molar-refractivity contribution in [2.75, 3.05) is 30.9 Å². The fourth-order valence-corrected chi connectivity index (χ4v) is 2.72. The van der Waals surface area contributed by atoms with Gasteiger partial charge in [-0.3, -0.25) is 4.90 Å². The van der Waals surface area contributed by atoms with E-state index in [1.165, 1.54) is 24.0 Å². The Morgan fingerprint density at radius 3 is 2.77 bits per heavy atom. The van der Waals surface area contributed by atoms with Crippen LogP contribution in [0.4, 0.5) is 19.3 Å². The van der Waals surface area contributed by atoms with Gasteiger partial charge in [-0.2, -0.15) is 8.78 Å². The maximum atomic E-state index is 14.2. The van der Waals surface area contributed by atoms with Gasteiger partial charge in [-0.25, -0.2) is 9.59 Å². The number of anilines is 1.